The molecule has 4 nitrogen and oxygen atoms in total. The monoisotopic (exact) mass is 416 g/mol. The molecular weight excluding hydrogens is 384 g/mol. The van der Waals surface area contributed by atoms with Gasteiger partial charge < -0.3 is 15.3 Å². The molecule has 4 bridgehead atoms. The van der Waals surface area contributed by atoms with Gasteiger partial charge in [-0.1, -0.05) is 60.7 Å². The predicted molar refractivity (Wildman–Crippen MR) is 120 cm³/mol. The number of carbonyl (C=O) groups is 1. The minimum atomic E-state index is -0.456. The summed E-state index contributed by atoms with van der Waals surface area (Å²) in [4.78, 5) is 15.5. The van der Waals surface area contributed by atoms with E-state index in [1.54, 1.807) is 0 Å². The number of aliphatic hydroxyl groups is 1. The van der Waals surface area contributed by atoms with Crippen molar-refractivity contribution in [1.82, 2.24) is 10.2 Å². The first-order valence-corrected chi connectivity index (χ1v) is 11.9. The van der Waals surface area contributed by atoms with Crippen LogP contribution in [0.25, 0.3) is 0 Å². The number of hydrogen-bond donors (Lipinski definition) is 2. The van der Waals surface area contributed by atoms with Crippen molar-refractivity contribution in [3.8, 4) is 0 Å². The zero-order valence-electron chi connectivity index (χ0n) is 18.2. The van der Waals surface area contributed by atoms with Crippen LogP contribution in [0, 0.1) is 23.7 Å². The van der Waals surface area contributed by atoms with E-state index in [0.29, 0.717) is 30.2 Å². The molecule has 2 N–H and O–H groups in total. The molecule has 2 amide bonds. The highest BCUT2D eigenvalue weighted by molar-refractivity contribution is 5.79. The van der Waals surface area contributed by atoms with Crippen molar-refractivity contribution in [2.24, 2.45) is 23.7 Å². The Balaban J connectivity index is 1.41. The SMILES string of the molecule is CC1(c2ccccc2)C(C2C3CC4CC2CC(O)(C4)C3)NC(=O)N1Cc1ccccc1. The first-order chi connectivity index (χ1) is 15.0. The lowest BCUT2D eigenvalue weighted by molar-refractivity contribution is -0.162. The van der Waals surface area contributed by atoms with Crippen LogP contribution in [-0.2, 0) is 12.1 Å². The van der Waals surface area contributed by atoms with Gasteiger partial charge in [0.1, 0.15) is 0 Å². The van der Waals surface area contributed by atoms with Crippen molar-refractivity contribution in [1.29, 1.82) is 0 Å². The maximum atomic E-state index is 13.4. The van der Waals surface area contributed by atoms with Gasteiger partial charge in [0, 0.05) is 6.54 Å². The van der Waals surface area contributed by atoms with E-state index >= 15 is 0 Å². The Kier molecular flexibility index (Phi) is 4.27. The summed E-state index contributed by atoms with van der Waals surface area (Å²) < 4.78 is 0. The molecule has 0 radical (unpaired) electrons. The Labute approximate surface area is 184 Å². The number of urea groups is 1. The van der Waals surface area contributed by atoms with Crippen LogP contribution in [0.2, 0.25) is 0 Å². The van der Waals surface area contributed by atoms with Gasteiger partial charge in [0.05, 0.1) is 17.2 Å². The quantitative estimate of drug-likeness (QED) is 0.760. The fraction of sp³-hybridized carbons (Fsp3) is 0.519. The van der Waals surface area contributed by atoms with Gasteiger partial charge in [-0.25, -0.2) is 4.79 Å². The number of rotatable bonds is 4. The number of nitrogens with zero attached hydrogens (tertiary/aromatic N) is 1. The Morgan fingerprint density at radius 1 is 0.968 bits per heavy atom. The first-order valence-electron chi connectivity index (χ1n) is 11.9. The van der Waals surface area contributed by atoms with Gasteiger partial charge in [-0.15, -0.1) is 0 Å². The fourth-order valence-electron chi connectivity index (χ4n) is 7.88. The zero-order valence-corrected chi connectivity index (χ0v) is 18.2. The average molecular weight is 417 g/mol. The van der Waals surface area contributed by atoms with Crippen LogP contribution in [0.1, 0.15) is 50.2 Å². The van der Waals surface area contributed by atoms with Crippen LogP contribution in [-0.4, -0.2) is 27.7 Å². The molecule has 1 heterocycles. The van der Waals surface area contributed by atoms with E-state index in [2.05, 4.69) is 53.5 Å². The Morgan fingerprint density at radius 2 is 1.58 bits per heavy atom. The van der Waals surface area contributed by atoms with Crippen molar-refractivity contribution < 1.29 is 9.90 Å². The summed E-state index contributed by atoms with van der Waals surface area (Å²) in [6.45, 7) is 2.86. The standard InChI is InChI=1S/C27H32N2O2/c1-26(22-10-6-3-7-11-22)24(28-25(30)29(26)17-18-8-4-2-5-9-18)23-20-12-19-13-21(23)16-27(31,14-19)15-20/h2-11,19-21,23-24,31H,12-17H2,1H3,(H,28,30). The molecule has 0 spiro atoms. The molecule has 1 saturated heterocycles. The van der Waals surface area contributed by atoms with Crippen molar-refractivity contribution >= 4 is 6.03 Å². The lowest BCUT2D eigenvalue weighted by Crippen LogP contribution is -2.61. The highest BCUT2D eigenvalue weighted by atomic mass is 16.3. The maximum absolute atomic E-state index is 13.4. The zero-order chi connectivity index (χ0) is 21.2. The molecule has 31 heavy (non-hydrogen) atoms. The van der Waals surface area contributed by atoms with Gasteiger partial charge in [0.15, 0.2) is 0 Å². The molecule has 4 unspecified atom stereocenters. The van der Waals surface area contributed by atoms with Gasteiger partial charge in [0.25, 0.3) is 0 Å². The smallest absolute Gasteiger partial charge is 0.318 e. The van der Waals surface area contributed by atoms with Crippen LogP contribution in [0.15, 0.2) is 60.7 Å². The number of hydrogen-bond acceptors (Lipinski definition) is 2. The van der Waals surface area contributed by atoms with Gasteiger partial charge >= 0.3 is 6.03 Å². The lowest BCUT2D eigenvalue weighted by atomic mass is 9.47. The van der Waals surface area contributed by atoms with E-state index in [-0.39, 0.29) is 12.1 Å². The molecule has 4 aliphatic carbocycles. The van der Waals surface area contributed by atoms with Crippen LogP contribution < -0.4 is 5.32 Å². The van der Waals surface area contributed by atoms with Crippen LogP contribution in [0.4, 0.5) is 4.79 Å². The van der Waals surface area contributed by atoms with Crippen LogP contribution in [0.5, 0.6) is 0 Å². The van der Waals surface area contributed by atoms with E-state index in [0.717, 1.165) is 24.8 Å². The number of amides is 2. The third-order valence-electron chi connectivity index (χ3n) is 8.93. The van der Waals surface area contributed by atoms with E-state index in [1.807, 2.05) is 24.3 Å². The van der Waals surface area contributed by atoms with Crippen molar-refractivity contribution in [3.63, 3.8) is 0 Å². The van der Waals surface area contributed by atoms with Crippen molar-refractivity contribution in [3.05, 3.63) is 71.8 Å². The largest absolute Gasteiger partial charge is 0.390 e. The molecule has 7 rings (SSSR count). The van der Waals surface area contributed by atoms with Crippen LogP contribution >= 0.6 is 0 Å². The molecule has 0 aromatic heterocycles. The molecule has 5 aliphatic rings. The second-order valence-electron chi connectivity index (χ2n) is 10.8. The van der Waals surface area contributed by atoms with Crippen molar-refractivity contribution in [2.45, 2.75) is 62.8 Å². The lowest BCUT2D eigenvalue weighted by Gasteiger charge is -2.60. The Morgan fingerprint density at radius 3 is 2.19 bits per heavy atom. The van der Waals surface area contributed by atoms with Crippen LogP contribution in [0.3, 0.4) is 0 Å². The number of benzene rings is 2. The average Bonchev–Trinajstić information content (AvgIpc) is 2.99. The summed E-state index contributed by atoms with van der Waals surface area (Å²) in [5.41, 5.74) is 1.47. The molecule has 4 atom stereocenters. The summed E-state index contributed by atoms with van der Waals surface area (Å²) >= 11 is 0. The molecule has 4 saturated carbocycles. The molecular formula is C27H32N2O2. The summed E-state index contributed by atoms with van der Waals surface area (Å²) in [6.07, 6.45) is 5.21. The van der Waals surface area contributed by atoms with E-state index in [4.69, 9.17) is 0 Å². The van der Waals surface area contributed by atoms with E-state index < -0.39 is 11.1 Å². The minimum absolute atomic E-state index is 0.0349. The first kappa shape index (κ1) is 19.4. The molecule has 162 valence electrons. The molecule has 2 aromatic rings. The second-order valence-corrected chi connectivity index (χ2v) is 10.8. The van der Waals surface area contributed by atoms with E-state index in [1.165, 1.54) is 18.4 Å². The summed E-state index contributed by atoms with van der Waals surface area (Å²) in [6, 6.07) is 21.0. The predicted octanol–water partition coefficient (Wildman–Crippen LogP) is 4.68. The Hall–Kier alpha value is -2.33. The normalized spacial score (nSPS) is 40.9. The van der Waals surface area contributed by atoms with Gasteiger partial charge in [-0.2, -0.15) is 0 Å². The van der Waals surface area contributed by atoms with Gasteiger partial charge in [-0.05, 0) is 73.8 Å². The van der Waals surface area contributed by atoms with Gasteiger partial charge in [-0.3, -0.25) is 0 Å². The molecule has 4 heteroatoms. The molecule has 5 fully saturated rings. The third-order valence-corrected chi connectivity index (χ3v) is 8.93. The number of carbonyl (C=O) groups excluding carboxylic acids is 1. The summed E-state index contributed by atoms with van der Waals surface area (Å²) in [5.74, 6) is 2.09. The Bertz CT molecular complexity index is 961. The van der Waals surface area contributed by atoms with Gasteiger partial charge in [0.2, 0.25) is 0 Å². The minimum Gasteiger partial charge on any atom is -0.390 e. The third kappa shape index (κ3) is 2.95. The highest BCUT2D eigenvalue weighted by Gasteiger charge is 2.62. The second kappa shape index (κ2) is 6.83. The molecule has 1 aliphatic heterocycles. The molecule has 2 aromatic carbocycles. The highest BCUT2D eigenvalue weighted by Crippen LogP contribution is 2.61. The summed E-state index contributed by atoms with van der Waals surface area (Å²) in [5, 5.41) is 14.6. The number of nitrogens with one attached hydrogen (secondary N) is 1. The van der Waals surface area contributed by atoms with Crippen molar-refractivity contribution in [2.75, 3.05) is 0 Å². The fourth-order valence-corrected chi connectivity index (χ4v) is 7.88. The summed E-state index contributed by atoms with van der Waals surface area (Å²) in [7, 11) is 0. The van der Waals surface area contributed by atoms with E-state index in [9.17, 15) is 9.90 Å². The maximum Gasteiger partial charge on any atom is 0.318 e. The topological polar surface area (TPSA) is 52.6 Å².